The minimum absolute atomic E-state index is 0.113. The van der Waals surface area contributed by atoms with Crippen LogP contribution in [0.15, 0.2) is 43.0 Å². The first kappa shape index (κ1) is 18.7. The van der Waals surface area contributed by atoms with Gasteiger partial charge in [0.25, 0.3) is 0 Å². The van der Waals surface area contributed by atoms with Gasteiger partial charge in [-0.1, -0.05) is 6.07 Å². The van der Waals surface area contributed by atoms with Crippen molar-refractivity contribution in [2.45, 2.75) is 19.9 Å². The monoisotopic (exact) mass is 394 g/mol. The number of carbonyl (C=O) groups is 1. The van der Waals surface area contributed by atoms with Gasteiger partial charge >= 0.3 is 0 Å². The first-order valence-corrected chi connectivity index (χ1v) is 9.23. The van der Waals surface area contributed by atoms with Crippen molar-refractivity contribution in [3.8, 4) is 17.4 Å². The lowest BCUT2D eigenvalue weighted by Gasteiger charge is -2.21. The predicted molar refractivity (Wildman–Crippen MR) is 106 cm³/mol. The molecule has 0 aliphatic carbocycles. The summed E-state index contributed by atoms with van der Waals surface area (Å²) in [6, 6.07) is 7.34. The van der Waals surface area contributed by atoms with Gasteiger partial charge in [0.2, 0.25) is 18.6 Å². The van der Waals surface area contributed by atoms with Crippen molar-refractivity contribution in [2.75, 3.05) is 25.3 Å². The van der Waals surface area contributed by atoms with E-state index in [2.05, 4.69) is 20.3 Å². The maximum absolute atomic E-state index is 12.6. The van der Waals surface area contributed by atoms with E-state index < -0.39 is 0 Å². The van der Waals surface area contributed by atoms with E-state index >= 15 is 0 Å². The van der Waals surface area contributed by atoms with Crippen LogP contribution in [0.3, 0.4) is 0 Å². The van der Waals surface area contributed by atoms with E-state index in [-0.39, 0.29) is 25.3 Å². The Morgan fingerprint density at radius 3 is 2.90 bits per heavy atom. The van der Waals surface area contributed by atoms with Crippen LogP contribution in [0.4, 0.5) is 5.82 Å². The number of fused-ring (bicyclic) bond motifs is 1. The second-order valence-electron chi connectivity index (χ2n) is 6.90. The molecule has 1 N–H and O–H groups in total. The second-order valence-corrected chi connectivity index (χ2v) is 6.90. The molecule has 0 saturated heterocycles. The molecule has 2 aromatic heterocycles. The predicted octanol–water partition coefficient (Wildman–Crippen LogP) is 2.01. The zero-order valence-electron chi connectivity index (χ0n) is 16.5. The van der Waals surface area contributed by atoms with Crippen molar-refractivity contribution in [1.82, 2.24) is 24.8 Å². The number of likely N-dealkylation sites (N-methyl/N-ethyl adjacent to an activating group) is 1. The fourth-order valence-corrected chi connectivity index (χ4v) is 3.07. The molecular formula is C20H22N6O3. The lowest BCUT2D eigenvalue weighted by atomic mass is 10.1. The van der Waals surface area contributed by atoms with Crippen molar-refractivity contribution in [2.24, 2.45) is 0 Å². The Bertz CT molecular complexity index is 1020. The maximum Gasteiger partial charge on any atom is 0.240 e. The fourth-order valence-electron chi connectivity index (χ4n) is 3.07. The number of amides is 1. The number of rotatable bonds is 6. The summed E-state index contributed by atoms with van der Waals surface area (Å²) in [5.41, 5.74) is 1.75. The van der Waals surface area contributed by atoms with Gasteiger partial charge in [-0.25, -0.2) is 9.97 Å². The molecule has 3 aromatic rings. The van der Waals surface area contributed by atoms with Crippen LogP contribution in [-0.2, 0) is 4.79 Å². The van der Waals surface area contributed by atoms with Crippen molar-refractivity contribution in [1.29, 1.82) is 0 Å². The van der Waals surface area contributed by atoms with Gasteiger partial charge in [-0.05, 0) is 31.5 Å². The minimum Gasteiger partial charge on any atom is -0.454 e. The van der Waals surface area contributed by atoms with E-state index in [1.807, 2.05) is 45.2 Å². The highest BCUT2D eigenvalue weighted by atomic mass is 16.7. The number of benzene rings is 1. The zero-order chi connectivity index (χ0) is 20.4. The van der Waals surface area contributed by atoms with Crippen LogP contribution >= 0.6 is 0 Å². The van der Waals surface area contributed by atoms with Crippen LogP contribution in [0.1, 0.15) is 24.2 Å². The zero-order valence-corrected chi connectivity index (χ0v) is 16.5. The average molecular weight is 394 g/mol. The topological polar surface area (TPSA) is 94.4 Å². The van der Waals surface area contributed by atoms with Gasteiger partial charge in [0.1, 0.15) is 12.1 Å². The van der Waals surface area contributed by atoms with Crippen molar-refractivity contribution >= 4 is 11.7 Å². The second kappa shape index (κ2) is 7.78. The molecule has 0 fully saturated rings. The van der Waals surface area contributed by atoms with E-state index in [9.17, 15) is 4.79 Å². The van der Waals surface area contributed by atoms with Crippen molar-refractivity contribution in [3.05, 3.63) is 54.2 Å². The Morgan fingerprint density at radius 2 is 2.10 bits per heavy atom. The molecule has 0 bridgehead atoms. The molecule has 0 radical (unpaired) electrons. The van der Waals surface area contributed by atoms with Gasteiger partial charge < -0.3 is 19.7 Å². The summed E-state index contributed by atoms with van der Waals surface area (Å²) < 4.78 is 12.5. The highest BCUT2D eigenvalue weighted by molar-refractivity contribution is 5.81. The van der Waals surface area contributed by atoms with Crippen molar-refractivity contribution < 1.29 is 14.3 Å². The Morgan fingerprint density at radius 1 is 1.28 bits per heavy atom. The van der Waals surface area contributed by atoms with E-state index in [1.165, 1.54) is 0 Å². The van der Waals surface area contributed by atoms with Crippen LogP contribution in [-0.4, -0.2) is 45.8 Å². The number of aromatic nitrogens is 4. The Kier molecular flexibility index (Phi) is 5.03. The van der Waals surface area contributed by atoms with E-state index in [0.717, 1.165) is 17.0 Å². The molecule has 3 heterocycles. The van der Waals surface area contributed by atoms with Crippen LogP contribution in [0, 0.1) is 6.92 Å². The van der Waals surface area contributed by atoms with E-state index in [0.29, 0.717) is 17.5 Å². The molecule has 0 spiro atoms. The molecule has 29 heavy (non-hydrogen) atoms. The molecular weight excluding hydrogens is 372 g/mol. The Balaban J connectivity index is 1.42. The van der Waals surface area contributed by atoms with Gasteiger partial charge in [-0.2, -0.15) is 4.98 Å². The highest BCUT2D eigenvalue weighted by Gasteiger charge is 2.18. The SMILES string of the molecule is Cc1cc(N(C)CC(=O)NC(C)c2ccc3c(c2)OCO3)nc(-n2ccnc2)n1. The first-order chi connectivity index (χ1) is 14.0. The van der Waals surface area contributed by atoms with E-state index in [4.69, 9.17) is 9.47 Å². The molecule has 1 amide bonds. The third-order valence-corrected chi connectivity index (χ3v) is 4.61. The normalized spacial score (nSPS) is 13.2. The van der Waals surface area contributed by atoms with Crippen LogP contribution in [0.5, 0.6) is 11.5 Å². The summed E-state index contributed by atoms with van der Waals surface area (Å²) in [5, 5.41) is 3.01. The van der Waals surface area contributed by atoms with Crippen LogP contribution in [0.2, 0.25) is 0 Å². The summed E-state index contributed by atoms with van der Waals surface area (Å²) in [5.74, 6) is 2.48. The number of carbonyl (C=O) groups excluding carboxylic acids is 1. The minimum atomic E-state index is -0.168. The van der Waals surface area contributed by atoms with Crippen LogP contribution < -0.4 is 19.7 Å². The molecule has 9 heteroatoms. The summed E-state index contributed by atoms with van der Waals surface area (Å²) >= 11 is 0. The van der Waals surface area contributed by atoms with Crippen molar-refractivity contribution in [3.63, 3.8) is 0 Å². The van der Waals surface area contributed by atoms with Gasteiger partial charge in [-0.3, -0.25) is 9.36 Å². The van der Waals surface area contributed by atoms with Gasteiger partial charge in [0, 0.05) is 31.2 Å². The van der Waals surface area contributed by atoms with Gasteiger partial charge in [0.05, 0.1) is 12.6 Å². The summed E-state index contributed by atoms with van der Waals surface area (Å²) in [7, 11) is 1.82. The van der Waals surface area contributed by atoms with E-state index in [1.54, 1.807) is 28.2 Å². The number of hydrogen-bond acceptors (Lipinski definition) is 7. The molecule has 4 rings (SSSR count). The van der Waals surface area contributed by atoms with Gasteiger partial charge in [-0.15, -0.1) is 0 Å². The quantitative estimate of drug-likeness (QED) is 0.683. The lowest BCUT2D eigenvalue weighted by Crippen LogP contribution is -2.37. The number of nitrogens with zero attached hydrogens (tertiary/aromatic N) is 5. The third-order valence-electron chi connectivity index (χ3n) is 4.61. The number of anilines is 1. The summed E-state index contributed by atoms with van der Waals surface area (Å²) in [6.07, 6.45) is 5.08. The molecule has 150 valence electrons. The molecule has 9 nitrogen and oxygen atoms in total. The molecule has 1 aromatic carbocycles. The first-order valence-electron chi connectivity index (χ1n) is 9.23. The number of ether oxygens (including phenoxy) is 2. The molecule has 0 saturated carbocycles. The summed E-state index contributed by atoms with van der Waals surface area (Å²) in [4.78, 5) is 27.3. The number of nitrogens with one attached hydrogen (secondary N) is 1. The Labute approximate surface area is 168 Å². The molecule has 1 atom stereocenters. The Hall–Kier alpha value is -3.62. The molecule has 1 unspecified atom stereocenters. The third kappa shape index (κ3) is 4.13. The number of aryl methyl sites for hydroxylation is 1. The smallest absolute Gasteiger partial charge is 0.240 e. The standard InChI is InChI=1S/C20H22N6O3/c1-13-8-18(24-20(22-13)26-7-6-21-11-26)25(3)10-19(27)23-14(2)15-4-5-16-17(9-15)29-12-28-16/h4-9,11,14H,10,12H2,1-3H3,(H,23,27). The maximum atomic E-state index is 12.6. The van der Waals surface area contributed by atoms with Gasteiger partial charge in [0.15, 0.2) is 11.5 Å². The lowest BCUT2D eigenvalue weighted by molar-refractivity contribution is -0.120. The largest absolute Gasteiger partial charge is 0.454 e. The fraction of sp³-hybridized carbons (Fsp3) is 0.300. The number of imidazole rings is 1. The van der Waals surface area contributed by atoms with Crippen LogP contribution in [0.25, 0.3) is 5.95 Å². The molecule has 1 aliphatic rings. The highest BCUT2D eigenvalue weighted by Crippen LogP contribution is 2.34. The number of hydrogen-bond donors (Lipinski definition) is 1. The average Bonchev–Trinajstić information content (AvgIpc) is 3.38. The molecule has 1 aliphatic heterocycles. The summed E-state index contributed by atoms with van der Waals surface area (Å²) in [6.45, 7) is 4.21.